The van der Waals surface area contributed by atoms with Crippen LogP contribution in [-0.4, -0.2) is 24.6 Å². The summed E-state index contributed by atoms with van der Waals surface area (Å²) in [5, 5.41) is 3.85. The van der Waals surface area contributed by atoms with Crippen molar-refractivity contribution in [1.82, 2.24) is 0 Å². The van der Waals surface area contributed by atoms with Crippen molar-refractivity contribution in [2.45, 2.75) is 13.0 Å². The van der Waals surface area contributed by atoms with E-state index in [0.717, 1.165) is 0 Å². The van der Waals surface area contributed by atoms with Crippen molar-refractivity contribution in [3.8, 4) is 5.75 Å². The summed E-state index contributed by atoms with van der Waals surface area (Å²) in [5.74, 6) is -0.730. The third-order valence-electron chi connectivity index (χ3n) is 2.95. The van der Waals surface area contributed by atoms with Gasteiger partial charge >= 0.3 is 5.97 Å². The smallest absolute Gasteiger partial charge is 0.347 e. The molecule has 0 unspecified atom stereocenters. The highest BCUT2D eigenvalue weighted by Gasteiger charge is 2.18. The van der Waals surface area contributed by atoms with Crippen molar-refractivity contribution in [3.63, 3.8) is 0 Å². The van der Waals surface area contributed by atoms with E-state index in [1.807, 2.05) is 0 Å². The number of esters is 1. The van der Waals surface area contributed by atoms with Crippen LogP contribution in [0.1, 0.15) is 6.92 Å². The monoisotopic (exact) mass is 401 g/mol. The van der Waals surface area contributed by atoms with Crippen LogP contribution in [0, 0.1) is 0 Å². The van der Waals surface area contributed by atoms with E-state index in [2.05, 4.69) is 5.32 Å². The first-order valence-electron chi connectivity index (χ1n) is 7.18. The van der Waals surface area contributed by atoms with Gasteiger partial charge < -0.3 is 14.8 Å². The van der Waals surface area contributed by atoms with Gasteiger partial charge in [0.2, 0.25) is 0 Å². The maximum atomic E-state index is 11.9. The average molecular weight is 403 g/mol. The minimum atomic E-state index is -0.880. The first kappa shape index (κ1) is 19.4. The lowest BCUT2D eigenvalue weighted by Crippen LogP contribution is -2.29. The second kappa shape index (κ2) is 8.94. The summed E-state index contributed by atoms with van der Waals surface area (Å²) in [4.78, 5) is 23.7. The first-order valence-corrected chi connectivity index (χ1v) is 8.31. The van der Waals surface area contributed by atoms with Gasteiger partial charge in [-0.3, -0.25) is 4.79 Å². The number of hydrogen-bond donors (Lipinski definition) is 1. The molecule has 0 aromatic heterocycles. The Labute approximate surface area is 159 Å². The summed E-state index contributed by atoms with van der Waals surface area (Å²) < 4.78 is 10.3. The Hall–Kier alpha value is -1.95. The Balaban J connectivity index is 1.81. The molecule has 0 radical (unpaired) electrons. The van der Waals surface area contributed by atoms with E-state index in [1.165, 1.54) is 25.1 Å². The van der Waals surface area contributed by atoms with Gasteiger partial charge in [0.25, 0.3) is 5.91 Å². The lowest BCUT2D eigenvalue weighted by Gasteiger charge is -2.14. The van der Waals surface area contributed by atoms with E-state index in [1.54, 1.807) is 24.3 Å². The third kappa shape index (κ3) is 6.46. The molecular weight excluding hydrogens is 389 g/mol. The Morgan fingerprint density at radius 1 is 1.00 bits per heavy atom. The van der Waals surface area contributed by atoms with Crippen molar-refractivity contribution in [2.24, 2.45) is 0 Å². The molecule has 1 amide bonds. The van der Waals surface area contributed by atoms with E-state index >= 15 is 0 Å². The van der Waals surface area contributed by atoms with Crippen molar-refractivity contribution in [3.05, 3.63) is 57.5 Å². The van der Waals surface area contributed by atoms with E-state index in [-0.39, 0.29) is 0 Å². The lowest BCUT2D eigenvalue weighted by atomic mass is 10.3. The summed E-state index contributed by atoms with van der Waals surface area (Å²) >= 11 is 17.5. The van der Waals surface area contributed by atoms with Crippen LogP contribution in [-0.2, 0) is 14.3 Å². The Kier molecular flexibility index (Phi) is 6.93. The maximum absolute atomic E-state index is 11.9. The summed E-state index contributed by atoms with van der Waals surface area (Å²) in [7, 11) is 0. The number of carbonyl (C=O) groups excluding carboxylic acids is 2. The Bertz CT molecular complexity index is 745. The molecule has 0 saturated carbocycles. The molecule has 5 nitrogen and oxygen atoms in total. The molecule has 1 N–H and O–H groups in total. The molecular formula is C17H14Cl3NO4. The highest BCUT2D eigenvalue weighted by Crippen LogP contribution is 2.22. The number of anilines is 1. The van der Waals surface area contributed by atoms with Gasteiger partial charge in [0.05, 0.1) is 0 Å². The maximum Gasteiger partial charge on any atom is 0.347 e. The fourth-order valence-corrected chi connectivity index (χ4v) is 2.49. The predicted molar refractivity (Wildman–Crippen MR) is 97.6 cm³/mol. The highest BCUT2D eigenvalue weighted by atomic mass is 35.5. The van der Waals surface area contributed by atoms with Gasteiger partial charge in [0.1, 0.15) is 5.75 Å². The number of hydrogen-bond acceptors (Lipinski definition) is 4. The Morgan fingerprint density at radius 3 is 2.20 bits per heavy atom. The third-order valence-corrected chi connectivity index (χ3v) is 3.64. The molecule has 0 aliphatic heterocycles. The molecule has 0 bridgehead atoms. The molecule has 2 aromatic carbocycles. The van der Waals surface area contributed by atoms with Crippen LogP contribution in [0.25, 0.3) is 0 Å². The van der Waals surface area contributed by atoms with E-state index < -0.39 is 24.6 Å². The number of rotatable bonds is 6. The van der Waals surface area contributed by atoms with Gasteiger partial charge in [-0.25, -0.2) is 4.79 Å². The molecule has 0 fully saturated rings. The molecule has 25 heavy (non-hydrogen) atoms. The zero-order valence-corrected chi connectivity index (χ0v) is 15.4. The normalized spacial score (nSPS) is 11.5. The van der Waals surface area contributed by atoms with Crippen LogP contribution in [0.4, 0.5) is 5.69 Å². The molecule has 132 valence electrons. The fraction of sp³-hybridized carbons (Fsp3) is 0.176. The van der Waals surface area contributed by atoms with E-state index in [9.17, 15) is 9.59 Å². The van der Waals surface area contributed by atoms with Crippen LogP contribution >= 0.6 is 34.8 Å². The molecule has 0 aliphatic rings. The second-order valence-corrected chi connectivity index (χ2v) is 6.34. The number of amides is 1. The zero-order chi connectivity index (χ0) is 18.4. The van der Waals surface area contributed by atoms with Gasteiger partial charge in [-0.2, -0.15) is 0 Å². The molecule has 0 heterocycles. The topological polar surface area (TPSA) is 64.6 Å². The first-order chi connectivity index (χ1) is 11.8. The number of ether oxygens (including phenoxy) is 2. The van der Waals surface area contributed by atoms with Crippen molar-refractivity contribution < 1.29 is 19.1 Å². The van der Waals surface area contributed by atoms with E-state index in [4.69, 9.17) is 44.3 Å². The molecule has 8 heteroatoms. The summed E-state index contributed by atoms with van der Waals surface area (Å²) in [5.41, 5.74) is 0.406. The summed E-state index contributed by atoms with van der Waals surface area (Å²) in [6, 6.07) is 11.1. The molecule has 1 atom stereocenters. The molecule has 0 saturated heterocycles. The van der Waals surface area contributed by atoms with Gasteiger partial charge in [-0.05, 0) is 49.4 Å². The molecule has 0 spiro atoms. The largest absolute Gasteiger partial charge is 0.479 e. The van der Waals surface area contributed by atoms with Crippen LogP contribution in [0.2, 0.25) is 15.1 Å². The predicted octanol–water partition coefficient (Wildman–Crippen LogP) is 4.60. The average Bonchev–Trinajstić information content (AvgIpc) is 2.53. The lowest BCUT2D eigenvalue weighted by molar-refractivity contribution is -0.153. The summed E-state index contributed by atoms with van der Waals surface area (Å²) in [6.45, 7) is 1.06. The minimum Gasteiger partial charge on any atom is -0.479 e. The van der Waals surface area contributed by atoms with E-state index in [0.29, 0.717) is 26.5 Å². The van der Waals surface area contributed by atoms with Gasteiger partial charge in [0.15, 0.2) is 12.7 Å². The minimum absolute atomic E-state index is 0.379. The van der Waals surface area contributed by atoms with Gasteiger partial charge in [0, 0.05) is 20.8 Å². The van der Waals surface area contributed by atoms with Crippen LogP contribution in [0.5, 0.6) is 5.75 Å². The summed E-state index contributed by atoms with van der Waals surface area (Å²) in [6.07, 6.45) is -0.880. The molecule has 2 rings (SSSR count). The van der Waals surface area contributed by atoms with Gasteiger partial charge in [-0.1, -0.05) is 34.8 Å². The zero-order valence-electron chi connectivity index (χ0n) is 13.1. The van der Waals surface area contributed by atoms with Crippen molar-refractivity contribution >= 4 is 52.4 Å². The van der Waals surface area contributed by atoms with Crippen molar-refractivity contribution in [1.29, 1.82) is 0 Å². The number of benzene rings is 2. The Morgan fingerprint density at radius 2 is 1.60 bits per heavy atom. The van der Waals surface area contributed by atoms with Crippen molar-refractivity contribution in [2.75, 3.05) is 11.9 Å². The van der Waals surface area contributed by atoms with Crippen LogP contribution in [0.3, 0.4) is 0 Å². The van der Waals surface area contributed by atoms with Gasteiger partial charge in [-0.15, -0.1) is 0 Å². The van der Waals surface area contributed by atoms with Crippen LogP contribution in [0.15, 0.2) is 42.5 Å². The number of halogens is 3. The molecule has 2 aromatic rings. The molecule has 0 aliphatic carbocycles. The SMILES string of the molecule is C[C@@H](Oc1ccc(Cl)cc1)C(=O)OCC(=O)Nc1cc(Cl)cc(Cl)c1. The number of carbonyl (C=O) groups is 2. The van der Waals surface area contributed by atoms with Crippen LogP contribution < -0.4 is 10.1 Å². The highest BCUT2D eigenvalue weighted by molar-refractivity contribution is 6.35. The standard InChI is InChI=1S/C17H14Cl3NO4/c1-10(25-15-4-2-11(18)3-5-15)17(23)24-9-16(22)21-14-7-12(19)6-13(20)8-14/h2-8,10H,9H2,1H3,(H,21,22)/t10-/m1/s1. The second-order valence-electron chi connectivity index (χ2n) is 5.03. The quantitative estimate of drug-likeness (QED) is 0.717. The number of nitrogens with one attached hydrogen (secondary N) is 1. The fourth-order valence-electron chi connectivity index (χ4n) is 1.84.